The zero-order valence-corrected chi connectivity index (χ0v) is 20.5. The third-order valence-electron chi connectivity index (χ3n) is 4.95. The first kappa shape index (κ1) is 23.5. The summed E-state index contributed by atoms with van der Waals surface area (Å²) in [4.78, 5) is 15.2. The first-order chi connectivity index (χ1) is 14.8. The predicted octanol–water partition coefficient (Wildman–Crippen LogP) is 4.57. The molecule has 1 saturated heterocycles. The van der Waals surface area contributed by atoms with E-state index in [1.165, 1.54) is 0 Å². The number of rotatable bonds is 6. The highest BCUT2D eigenvalue weighted by Gasteiger charge is 2.25. The molecule has 0 bridgehead atoms. The van der Waals surface area contributed by atoms with Crippen molar-refractivity contribution in [3.05, 3.63) is 52.0 Å². The number of nitrogens with one attached hydrogen (secondary N) is 1. The highest BCUT2D eigenvalue weighted by molar-refractivity contribution is 9.10. The van der Waals surface area contributed by atoms with Gasteiger partial charge in [-0.25, -0.2) is 0 Å². The second-order valence-corrected chi connectivity index (χ2v) is 8.85. The predicted molar refractivity (Wildman–Crippen MR) is 129 cm³/mol. The van der Waals surface area contributed by atoms with Gasteiger partial charge in [-0.15, -0.1) is 0 Å². The monoisotopic (exact) mass is 506 g/mol. The van der Waals surface area contributed by atoms with Gasteiger partial charge in [0.2, 0.25) is 0 Å². The number of carbonyl (C=O) groups is 1. The summed E-state index contributed by atoms with van der Waals surface area (Å²) < 4.78 is 17.8. The maximum absolute atomic E-state index is 12.4. The van der Waals surface area contributed by atoms with Crippen LogP contribution in [0.5, 0.6) is 11.5 Å². The normalized spacial score (nSPS) is 18.4. The molecule has 0 unspecified atom stereocenters. The Morgan fingerprint density at radius 2 is 1.94 bits per heavy atom. The fourth-order valence-electron chi connectivity index (χ4n) is 3.55. The van der Waals surface area contributed by atoms with Crippen molar-refractivity contribution in [1.29, 1.82) is 0 Å². The lowest BCUT2D eigenvalue weighted by atomic mass is 10.1. The van der Waals surface area contributed by atoms with Gasteiger partial charge in [0.25, 0.3) is 5.91 Å². The summed E-state index contributed by atoms with van der Waals surface area (Å²) in [5.41, 5.74) is 2.59. The molecule has 6 nitrogen and oxygen atoms in total. The molecule has 0 saturated carbocycles. The van der Waals surface area contributed by atoms with E-state index in [1.54, 1.807) is 7.11 Å². The van der Waals surface area contributed by atoms with Crippen molar-refractivity contribution < 1.29 is 19.0 Å². The molecule has 3 rings (SSSR count). The SMILES string of the molecule is COc1cc(C(=S)N2C[C@@H](C)O[C@@H](C)C2)cc(Br)c1OCC(=O)Nc1ccccc1C. The Morgan fingerprint density at radius 1 is 1.26 bits per heavy atom. The van der Waals surface area contributed by atoms with Crippen LogP contribution >= 0.6 is 28.1 Å². The molecule has 2 aromatic carbocycles. The van der Waals surface area contributed by atoms with Crippen LogP contribution in [-0.2, 0) is 9.53 Å². The third kappa shape index (κ3) is 5.96. The van der Waals surface area contributed by atoms with Crippen molar-refractivity contribution in [2.24, 2.45) is 0 Å². The molecule has 0 aromatic heterocycles. The fourth-order valence-corrected chi connectivity index (χ4v) is 4.37. The summed E-state index contributed by atoms with van der Waals surface area (Å²) in [6, 6.07) is 11.3. The minimum atomic E-state index is -0.251. The van der Waals surface area contributed by atoms with Crippen LogP contribution in [0, 0.1) is 6.92 Å². The van der Waals surface area contributed by atoms with E-state index >= 15 is 0 Å². The molecule has 2 atom stereocenters. The van der Waals surface area contributed by atoms with E-state index in [2.05, 4.69) is 26.1 Å². The zero-order chi connectivity index (χ0) is 22.5. The van der Waals surface area contributed by atoms with Gasteiger partial charge >= 0.3 is 0 Å². The second-order valence-electron chi connectivity index (χ2n) is 7.61. The molecule has 31 heavy (non-hydrogen) atoms. The third-order valence-corrected chi connectivity index (χ3v) is 6.03. The van der Waals surface area contributed by atoms with Crippen molar-refractivity contribution in [3.8, 4) is 11.5 Å². The van der Waals surface area contributed by atoms with Gasteiger partial charge in [0.15, 0.2) is 18.1 Å². The van der Waals surface area contributed by atoms with Crippen LogP contribution in [0.2, 0.25) is 0 Å². The highest BCUT2D eigenvalue weighted by Crippen LogP contribution is 2.37. The number of amides is 1. The lowest BCUT2D eigenvalue weighted by molar-refractivity contribution is -0.118. The van der Waals surface area contributed by atoms with Crippen LogP contribution in [0.1, 0.15) is 25.0 Å². The van der Waals surface area contributed by atoms with Crippen LogP contribution in [0.25, 0.3) is 0 Å². The molecular formula is C23H27BrN2O4S. The number of methoxy groups -OCH3 is 1. The molecule has 166 valence electrons. The number of thiocarbonyl (C=S) groups is 1. The minimum Gasteiger partial charge on any atom is -0.493 e. The van der Waals surface area contributed by atoms with Gasteiger partial charge in [-0.05, 0) is 60.5 Å². The first-order valence-corrected chi connectivity index (χ1v) is 11.3. The number of nitrogens with zero attached hydrogens (tertiary/aromatic N) is 1. The molecule has 0 radical (unpaired) electrons. The summed E-state index contributed by atoms with van der Waals surface area (Å²) >= 11 is 9.28. The van der Waals surface area contributed by atoms with E-state index in [0.717, 1.165) is 34.9 Å². The number of ether oxygens (including phenoxy) is 3. The van der Waals surface area contributed by atoms with E-state index in [0.29, 0.717) is 16.0 Å². The zero-order valence-electron chi connectivity index (χ0n) is 18.1. The number of anilines is 1. The Labute approximate surface area is 197 Å². The molecule has 1 N–H and O–H groups in total. The van der Waals surface area contributed by atoms with E-state index < -0.39 is 0 Å². The van der Waals surface area contributed by atoms with E-state index in [1.807, 2.05) is 57.2 Å². The number of aryl methyl sites for hydroxylation is 1. The average Bonchev–Trinajstić information content (AvgIpc) is 2.72. The van der Waals surface area contributed by atoms with Crippen LogP contribution in [0.4, 0.5) is 5.69 Å². The Morgan fingerprint density at radius 3 is 2.58 bits per heavy atom. The van der Waals surface area contributed by atoms with Gasteiger partial charge in [0.05, 0.1) is 23.8 Å². The van der Waals surface area contributed by atoms with Crippen molar-refractivity contribution >= 4 is 44.7 Å². The van der Waals surface area contributed by atoms with E-state index in [4.69, 9.17) is 26.4 Å². The lowest BCUT2D eigenvalue weighted by Crippen LogP contribution is -2.47. The number of benzene rings is 2. The highest BCUT2D eigenvalue weighted by atomic mass is 79.9. The Kier molecular flexibility index (Phi) is 7.91. The van der Waals surface area contributed by atoms with Gasteiger partial charge in [-0.3, -0.25) is 4.79 Å². The summed E-state index contributed by atoms with van der Waals surface area (Å²) in [5, 5.41) is 2.86. The molecule has 1 aliphatic heterocycles. The maximum Gasteiger partial charge on any atom is 0.262 e. The molecule has 1 amide bonds. The van der Waals surface area contributed by atoms with Crippen LogP contribution < -0.4 is 14.8 Å². The quantitative estimate of drug-likeness (QED) is 0.579. The first-order valence-electron chi connectivity index (χ1n) is 10.1. The molecule has 2 aromatic rings. The second kappa shape index (κ2) is 10.4. The Hall–Kier alpha value is -2.16. The molecular weight excluding hydrogens is 480 g/mol. The number of hydrogen-bond acceptors (Lipinski definition) is 5. The number of para-hydroxylation sites is 1. The fraction of sp³-hybridized carbons (Fsp3) is 0.391. The molecule has 0 aliphatic carbocycles. The minimum absolute atomic E-state index is 0.112. The van der Waals surface area contributed by atoms with Gasteiger partial charge in [0, 0.05) is 24.3 Å². The molecule has 1 fully saturated rings. The van der Waals surface area contributed by atoms with Gasteiger partial charge < -0.3 is 24.4 Å². The number of morpholine rings is 1. The summed E-state index contributed by atoms with van der Waals surface area (Å²) in [7, 11) is 1.56. The number of halogens is 1. The Balaban J connectivity index is 1.71. The summed E-state index contributed by atoms with van der Waals surface area (Å²) in [6.45, 7) is 7.35. The topological polar surface area (TPSA) is 60.0 Å². The smallest absolute Gasteiger partial charge is 0.262 e. The van der Waals surface area contributed by atoms with E-state index in [9.17, 15) is 4.79 Å². The maximum atomic E-state index is 12.4. The standard InChI is InChI=1S/C23H27BrN2O4S/c1-14-7-5-6-8-19(14)25-21(27)13-29-22-18(24)9-17(10-20(22)28-4)23(31)26-11-15(2)30-16(3)12-26/h5-10,15-16H,11-13H2,1-4H3,(H,25,27)/t15-,16+. The van der Waals surface area contributed by atoms with E-state index in [-0.39, 0.29) is 24.7 Å². The number of hydrogen-bond donors (Lipinski definition) is 1. The van der Waals surface area contributed by atoms with Gasteiger partial charge in [0.1, 0.15) is 4.99 Å². The van der Waals surface area contributed by atoms with Gasteiger partial charge in [-0.2, -0.15) is 0 Å². The Bertz CT molecular complexity index is 959. The largest absolute Gasteiger partial charge is 0.493 e. The van der Waals surface area contributed by atoms with Crippen LogP contribution in [0.15, 0.2) is 40.9 Å². The average molecular weight is 507 g/mol. The van der Waals surface area contributed by atoms with Crippen LogP contribution in [0.3, 0.4) is 0 Å². The van der Waals surface area contributed by atoms with Crippen molar-refractivity contribution in [2.45, 2.75) is 33.0 Å². The summed E-state index contributed by atoms with van der Waals surface area (Å²) in [5.74, 6) is 0.710. The summed E-state index contributed by atoms with van der Waals surface area (Å²) in [6.07, 6.45) is 0.225. The van der Waals surface area contributed by atoms with Crippen molar-refractivity contribution in [1.82, 2.24) is 4.90 Å². The lowest BCUT2D eigenvalue weighted by Gasteiger charge is -2.37. The van der Waals surface area contributed by atoms with Crippen molar-refractivity contribution in [2.75, 3.05) is 32.1 Å². The van der Waals surface area contributed by atoms with Crippen LogP contribution in [-0.4, -0.2) is 54.8 Å². The molecule has 1 aliphatic rings. The van der Waals surface area contributed by atoms with Crippen molar-refractivity contribution in [3.63, 3.8) is 0 Å². The van der Waals surface area contributed by atoms with Gasteiger partial charge in [-0.1, -0.05) is 30.4 Å². The molecule has 1 heterocycles. The number of carbonyl (C=O) groups excluding carboxylic acids is 1. The molecule has 0 spiro atoms. The molecule has 8 heteroatoms.